The smallest absolute Gasteiger partial charge is 0.264 e. The largest absolute Gasteiger partial charge is 0.481 e. The second-order valence-electron chi connectivity index (χ2n) is 5.62. The molecular weight excluding hydrogens is 339 g/mol. The molecule has 1 N–H and O–H groups in total. The van der Waals surface area contributed by atoms with Crippen LogP contribution in [0, 0.1) is 19.7 Å². The standard InChI is InChI=1S/C19H17FN2O2S/c1-12-7-8-14(13(2)9-12)16-11-25-19(21-16)22-18(23)10-24-17-6-4-3-5-15(17)20/h3-9,11H,10H2,1-2H3,(H,21,22,23). The first kappa shape index (κ1) is 17.1. The summed E-state index contributed by atoms with van der Waals surface area (Å²) >= 11 is 1.34. The Hall–Kier alpha value is -2.73. The molecule has 0 radical (unpaired) electrons. The molecule has 0 saturated carbocycles. The van der Waals surface area contributed by atoms with Gasteiger partial charge < -0.3 is 4.74 Å². The van der Waals surface area contributed by atoms with Gasteiger partial charge in [-0.25, -0.2) is 9.37 Å². The van der Waals surface area contributed by atoms with Gasteiger partial charge in [-0.2, -0.15) is 0 Å². The summed E-state index contributed by atoms with van der Waals surface area (Å²) in [4.78, 5) is 16.4. The van der Waals surface area contributed by atoms with Gasteiger partial charge in [-0.1, -0.05) is 35.9 Å². The van der Waals surface area contributed by atoms with Crippen molar-refractivity contribution in [3.63, 3.8) is 0 Å². The Balaban J connectivity index is 1.63. The van der Waals surface area contributed by atoms with E-state index in [4.69, 9.17) is 4.74 Å². The molecule has 0 saturated heterocycles. The van der Waals surface area contributed by atoms with Crippen LogP contribution in [0.1, 0.15) is 11.1 Å². The Morgan fingerprint density at radius 3 is 2.80 bits per heavy atom. The summed E-state index contributed by atoms with van der Waals surface area (Å²) in [5.74, 6) is -0.834. The zero-order chi connectivity index (χ0) is 17.8. The number of amides is 1. The third kappa shape index (κ3) is 4.22. The lowest BCUT2D eigenvalue weighted by Gasteiger charge is -2.06. The van der Waals surface area contributed by atoms with E-state index in [-0.39, 0.29) is 18.3 Å². The van der Waals surface area contributed by atoms with Crippen LogP contribution >= 0.6 is 11.3 Å². The van der Waals surface area contributed by atoms with Gasteiger partial charge in [0.15, 0.2) is 23.3 Å². The number of thiazole rings is 1. The van der Waals surface area contributed by atoms with Gasteiger partial charge in [0.25, 0.3) is 5.91 Å². The van der Waals surface area contributed by atoms with Crippen molar-refractivity contribution in [2.24, 2.45) is 0 Å². The van der Waals surface area contributed by atoms with Gasteiger partial charge in [-0.05, 0) is 31.5 Å². The minimum absolute atomic E-state index is 0.0488. The number of benzene rings is 2. The third-order valence-electron chi connectivity index (χ3n) is 3.60. The van der Waals surface area contributed by atoms with E-state index >= 15 is 0 Å². The van der Waals surface area contributed by atoms with Crippen LogP contribution in [0.3, 0.4) is 0 Å². The van der Waals surface area contributed by atoms with E-state index in [1.807, 2.05) is 31.4 Å². The Morgan fingerprint density at radius 1 is 1.24 bits per heavy atom. The van der Waals surface area contributed by atoms with Gasteiger partial charge in [0.2, 0.25) is 0 Å². The molecule has 25 heavy (non-hydrogen) atoms. The van der Waals surface area contributed by atoms with Gasteiger partial charge in [0.1, 0.15) is 0 Å². The van der Waals surface area contributed by atoms with Gasteiger partial charge in [0.05, 0.1) is 5.69 Å². The minimum atomic E-state index is -0.498. The van der Waals surface area contributed by atoms with Crippen LogP contribution in [-0.2, 0) is 4.79 Å². The maximum absolute atomic E-state index is 13.5. The number of hydrogen-bond donors (Lipinski definition) is 1. The lowest BCUT2D eigenvalue weighted by Crippen LogP contribution is -2.20. The molecule has 0 spiro atoms. The molecule has 1 amide bonds. The fourth-order valence-corrected chi connectivity index (χ4v) is 3.14. The van der Waals surface area contributed by atoms with E-state index in [1.165, 1.54) is 29.0 Å². The van der Waals surface area contributed by atoms with E-state index in [1.54, 1.807) is 12.1 Å². The number of halogens is 1. The molecule has 0 atom stereocenters. The molecule has 4 nitrogen and oxygen atoms in total. The highest BCUT2D eigenvalue weighted by atomic mass is 32.1. The molecule has 1 aromatic heterocycles. The van der Waals surface area contributed by atoms with Gasteiger partial charge in [-0.3, -0.25) is 10.1 Å². The zero-order valence-electron chi connectivity index (χ0n) is 13.9. The van der Waals surface area contributed by atoms with Crippen molar-refractivity contribution in [3.05, 3.63) is 64.8 Å². The zero-order valence-corrected chi connectivity index (χ0v) is 14.7. The number of ether oxygens (including phenoxy) is 1. The maximum Gasteiger partial charge on any atom is 0.264 e. The number of aryl methyl sites for hydroxylation is 2. The molecule has 3 rings (SSSR count). The van der Waals surface area contributed by atoms with Crippen LogP contribution in [0.25, 0.3) is 11.3 Å². The highest BCUT2D eigenvalue weighted by Gasteiger charge is 2.11. The molecule has 6 heteroatoms. The first-order valence-corrected chi connectivity index (χ1v) is 8.61. The summed E-state index contributed by atoms with van der Waals surface area (Å²) in [5.41, 5.74) is 4.17. The first-order chi connectivity index (χ1) is 12.0. The quantitative estimate of drug-likeness (QED) is 0.728. The van der Waals surface area contributed by atoms with Gasteiger partial charge in [-0.15, -0.1) is 11.3 Å². The van der Waals surface area contributed by atoms with Crippen molar-refractivity contribution < 1.29 is 13.9 Å². The van der Waals surface area contributed by atoms with Crippen LogP contribution < -0.4 is 10.1 Å². The second kappa shape index (κ2) is 7.44. The van der Waals surface area contributed by atoms with E-state index < -0.39 is 5.82 Å². The van der Waals surface area contributed by atoms with Crippen molar-refractivity contribution in [1.82, 2.24) is 4.98 Å². The van der Waals surface area contributed by atoms with Crippen LogP contribution in [-0.4, -0.2) is 17.5 Å². The van der Waals surface area contributed by atoms with Gasteiger partial charge >= 0.3 is 0 Å². The number of hydrogen-bond acceptors (Lipinski definition) is 4. The molecule has 2 aromatic carbocycles. The van der Waals surface area contributed by atoms with E-state index in [2.05, 4.69) is 16.4 Å². The monoisotopic (exact) mass is 356 g/mol. The Bertz CT molecular complexity index is 908. The summed E-state index contributed by atoms with van der Waals surface area (Å²) in [6.45, 7) is 3.79. The molecule has 0 fully saturated rings. The van der Waals surface area contributed by atoms with Crippen molar-refractivity contribution in [3.8, 4) is 17.0 Å². The average Bonchev–Trinajstić information content (AvgIpc) is 3.02. The molecule has 0 aliphatic heterocycles. The summed E-state index contributed by atoms with van der Waals surface area (Å²) in [7, 11) is 0. The Labute approximate surface area is 149 Å². The summed E-state index contributed by atoms with van der Waals surface area (Å²) in [5, 5.41) is 5.05. The Kier molecular flexibility index (Phi) is 5.09. The van der Waals surface area contributed by atoms with Gasteiger partial charge in [0, 0.05) is 10.9 Å². The number of carbonyl (C=O) groups excluding carboxylic acids is 1. The molecule has 1 heterocycles. The molecular formula is C19H17FN2O2S. The predicted octanol–water partition coefficient (Wildman–Crippen LogP) is 4.58. The van der Waals surface area contributed by atoms with Crippen molar-refractivity contribution >= 4 is 22.4 Å². The first-order valence-electron chi connectivity index (χ1n) is 7.73. The van der Waals surface area contributed by atoms with Crippen LogP contribution in [0.15, 0.2) is 47.8 Å². The van der Waals surface area contributed by atoms with Crippen molar-refractivity contribution in [2.45, 2.75) is 13.8 Å². The lowest BCUT2D eigenvalue weighted by molar-refractivity contribution is -0.118. The second-order valence-corrected chi connectivity index (χ2v) is 6.48. The highest BCUT2D eigenvalue weighted by molar-refractivity contribution is 7.14. The van der Waals surface area contributed by atoms with E-state index in [0.29, 0.717) is 5.13 Å². The number of anilines is 1. The fraction of sp³-hybridized carbons (Fsp3) is 0.158. The summed E-state index contributed by atoms with van der Waals surface area (Å²) < 4.78 is 18.6. The molecule has 3 aromatic rings. The SMILES string of the molecule is Cc1ccc(-c2csc(NC(=O)COc3ccccc3F)n2)c(C)c1. The molecule has 0 unspecified atom stereocenters. The van der Waals surface area contributed by atoms with Crippen molar-refractivity contribution in [2.75, 3.05) is 11.9 Å². The minimum Gasteiger partial charge on any atom is -0.481 e. The number of nitrogens with one attached hydrogen (secondary N) is 1. The van der Waals surface area contributed by atoms with Crippen LogP contribution in [0.2, 0.25) is 0 Å². The molecule has 0 aliphatic carbocycles. The number of nitrogens with zero attached hydrogens (tertiary/aromatic N) is 1. The normalized spacial score (nSPS) is 10.5. The highest BCUT2D eigenvalue weighted by Crippen LogP contribution is 2.28. The number of rotatable bonds is 5. The number of aromatic nitrogens is 1. The Morgan fingerprint density at radius 2 is 2.04 bits per heavy atom. The number of para-hydroxylation sites is 1. The van der Waals surface area contributed by atoms with E-state index in [9.17, 15) is 9.18 Å². The molecule has 0 aliphatic rings. The lowest BCUT2D eigenvalue weighted by atomic mass is 10.0. The fourth-order valence-electron chi connectivity index (χ4n) is 2.42. The molecule has 128 valence electrons. The average molecular weight is 356 g/mol. The summed E-state index contributed by atoms with van der Waals surface area (Å²) in [6, 6.07) is 12.1. The molecule has 0 bridgehead atoms. The summed E-state index contributed by atoms with van der Waals surface area (Å²) in [6.07, 6.45) is 0. The van der Waals surface area contributed by atoms with E-state index in [0.717, 1.165) is 16.8 Å². The van der Waals surface area contributed by atoms with Crippen LogP contribution in [0.5, 0.6) is 5.75 Å². The predicted molar refractivity (Wildman–Crippen MR) is 97.5 cm³/mol. The third-order valence-corrected chi connectivity index (χ3v) is 4.36. The van der Waals surface area contributed by atoms with Crippen molar-refractivity contribution in [1.29, 1.82) is 0 Å². The maximum atomic E-state index is 13.5. The topological polar surface area (TPSA) is 51.2 Å². The number of carbonyl (C=O) groups is 1. The van der Waals surface area contributed by atoms with Crippen LogP contribution in [0.4, 0.5) is 9.52 Å².